The molecule has 0 aliphatic carbocycles. The molecule has 0 radical (unpaired) electrons. The Bertz CT molecular complexity index is 1060. The van der Waals surface area contributed by atoms with Gasteiger partial charge in [-0.1, -0.05) is 29.8 Å². The maximum atomic E-state index is 12.8. The number of aryl methyl sites for hydroxylation is 2. The van der Waals surface area contributed by atoms with Gasteiger partial charge in [0, 0.05) is 57.8 Å². The molecule has 34 heavy (non-hydrogen) atoms. The molecule has 0 aromatic heterocycles. The van der Waals surface area contributed by atoms with Crippen LogP contribution in [0, 0.1) is 13.8 Å². The summed E-state index contributed by atoms with van der Waals surface area (Å²) in [7, 11) is 1.58. The molecule has 0 bridgehead atoms. The number of piperidine rings is 1. The van der Waals surface area contributed by atoms with E-state index >= 15 is 0 Å². The van der Waals surface area contributed by atoms with E-state index in [9.17, 15) is 9.59 Å². The van der Waals surface area contributed by atoms with Crippen molar-refractivity contribution in [1.82, 2.24) is 15.5 Å². The quantitative estimate of drug-likeness (QED) is 0.520. The third-order valence-corrected chi connectivity index (χ3v) is 6.77. The number of halogens is 1. The number of benzene rings is 2. The number of anilines is 1. The van der Waals surface area contributed by atoms with Gasteiger partial charge in [0.2, 0.25) is 0 Å². The fraction of sp³-hybridized carbons (Fsp3) is 0.440. The summed E-state index contributed by atoms with van der Waals surface area (Å²) in [5, 5.41) is 9.58. The Kier molecular flexibility index (Phi) is 7.30. The van der Waals surface area contributed by atoms with Gasteiger partial charge in [-0.15, -0.1) is 0 Å². The smallest absolute Gasteiger partial charge is 0.258 e. The van der Waals surface area contributed by atoms with Crippen molar-refractivity contribution in [3.05, 3.63) is 57.6 Å². The van der Waals surface area contributed by atoms with E-state index in [1.54, 1.807) is 19.2 Å². The highest BCUT2D eigenvalue weighted by Crippen LogP contribution is 2.38. The Hall–Kier alpha value is -2.81. The Balaban J connectivity index is 1.33. The standard InChI is InChI=1S/C25H31ClN4O4/c1-16-5-4-6-17(2)22(16)24(32)27-9-12-30-10-7-25(8-11-30)29-23(31)18-13-19(26)20(28-15-33-3)14-21(18)34-25/h4-6,13-14,28H,7-12,15H2,1-3H3,(H,27,32)(H,29,31). The fourth-order valence-corrected chi connectivity index (χ4v) is 4.79. The van der Waals surface area contributed by atoms with Crippen molar-refractivity contribution >= 4 is 29.1 Å². The highest BCUT2D eigenvalue weighted by molar-refractivity contribution is 6.33. The van der Waals surface area contributed by atoms with Crippen LogP contribution in [0.25, 0.3) is 0 Å². The number of nitrogens with one attached hydrogen (secondary N) is 3. The minimum atomic E-state index is -0.742. The van der Waals surface area contributed by atoms with E-state index in [1.165, 1.54) is 0 Å². The van der Waals surface area contributed by atoms with Gasteiger partial charge in [0.1, 0.15) is 12.5 Å². The van der Waals surface area contributed by atoms with E-state index in [1.807, 2.05) is 32.0 Å². The zero-order valence-corrected chi connectivity index (χ0v) is 20.6. The molecule has 3 N–H and O–H groups in total. The molecule has 4 rings (SSSR count). The van der Waals surface area contributed by atoms with Crippen molar-refractivity contribution in [2.75, 3.05) is 45.3 Å². The molecule has 2 aromatic carbocycles. The van der Waals surface area contributed by atoms with E-state index in [0.717, 1.165) is 36.3 Å². The second kappa shape index (κ2) is 10.2. The van der Waals surface area contributed by atoms with E-state index in [2.05, 4.69) is 20.9 Å². The Morgan fingerprint density at radius 2 is 1.94 bits per heavy atom. The highest BCUT2D eigenvalue weighted by atomic mass is 35.5. The van der Waals surface area contributed by atoms with E-state index in [0.29, 0.717) is 48.1 Å². The minimum absolute atomic E-state index is 0.0416. The summed E-state index contributed by atoms with van der Waals surface area (Å²) in [6.45, 7) is 6.99. The summed E-state index contributed by atoms with van der Waals surface area (Å²) in [5.74, 6) is 0.289. The third kappa shape index (κ3) is 5.14. The molecule has 1 spiro atoms. The number of rotatable bonds is 7. The first kappa shape index (κ1) is 24.3. The molecule has 1 fully saturated rings. The zero-order valence-electron chi connectivity index (χ0n) is 19.8. The van der Waals surface area contributed by atoms with E-state index in [4.69, 9.17) is 21.1 Å². The van der Waals surface area contributed by atoms with Crippen molar-refractivity contribution in [2.45, 2.75) is 32.4 Å². The van der Waals surface area contributed by atoms with Gasteiger partial charge in [0.15, 0.2) is 5.72 Å². The van der Waals surface area contributed by atoms with Gasteiger partial charge >= 0.3 is 0 Å². The molecule has 2 aliphatic heterocycles. The van der Waals surface area contributed by atoms with Crippen LogP contribution in [0.2, 0.25) is 5.02 Å². The van der Waals surface area contributed by atoms with Crippen LogP contribution in [0.1, 0.15) is 44.7 Å². The number of methoxy groups -OCH3 is 1. The van der Waals surface area contributed by atoms with Crippen LogP contribution in [0.15, 0.2) is 30.3 Å². The lowest BCUT2D eigenvalue weighted by Gasteiger charge is -2.44. The summed E-state index contributed by atoms with van der Waals surface area (Å²) < 4.78 is 11.4. The normalized spacial score (nSPS) is 17.0. The SMILES string of the molecule is COCNc1cc2c(cc1Cl)C(=O)NC1(CCN(CCNC(=O)c3c(C)cccc3C)CC1)O2. The van der Waals surface area contributed by atoms with Crippen molar-refractivity contribution in [2.24, 2.45) is 0 Å². The molecular weight excluding hydrogens is 456 g/mol. The predicted octanol–water partition coefficient (Wildman–Crippen LogP) is 3.32. The highest BCUT2D eigenvalue weighted by Gasteiger charge is 2.42. The lowest BCUT2D eigenvalue weighted by molar-refractivity contribution is -0.0285. The summed E-state index contributed by atoms with van der Waals surface area (Å²) >= 11 is 6.30. The first-order valence-electron chi connectivity index (χ1n) is 11.5. The van der Waals surface area contributed by atoms with Gasteiger partial charge in [-0.2, -0.15) is 0 Å². The molecular formula is C25H31ClN4O4. The molecule has 0 unspecified atom stereocenters. The zero-order chi connectivity index (χ0) is 24.3. The fourth-order valence-electron chi connectivity index (χ4n) is 4.56. The van der Waals surface area contributed by atoms with Crippen LogP contribution in [0.3, 0.4) is 0 Å². The number of ether oxygens (including phenoxy) is 2. The number of carbonyl (C=O) groups is 2. The number of likely N-dealkylation sites (tertiary alicyclic amines) is 1. The van der Waals surface area contributed by atoms with Crippen molar-refractivity contribution in [3.8, 4) is 5.75 Å². The average Bonchev–Trinajstić information content (AvgIpc) is 2.80. The van der Waals surface area contributed by atoms with Gasteiger partial charge in [-0.3, -0.25) is 9.59 Å². The third-order valence-electron chi connectivity index (χ3n) is 6.45. The maximum absolute atomic E-state index is 12.8. The first-order chi connectivity index (χ1) is 16.3. The molecule has 2 heterocycles. The van der Waals surface area contributed by atoms with Crippen LogP contribution in [0.5, 0.6) is 5.75 Å². The molecule has 0 atom stereocenters. The van der Waals surface area contributed by atoms with E-state index in [-0.39, 0.29) is 11.8 Å². The van der Waals surface area contributed by atoms with Crippen molar-refractivity contribution in [1.29, 1.82) is 0 Å². The second-order valence-electron chi connectivity index (χ2n) is 8.85. The van der Waals surface area contributed by atoms with Gasteiger partial charge in [-0.25, -0.2) is 0 Å². The summed E-state index contributed by atoms with van der Waals surface area (Å²) in [6, 6.07) is 9.24. The van der Waals surface area contributed by atoms with Crippen LogP contribution in [0.4, 0.5) is 5.69 Å². The van der Waals surface area contributed by atoms with Crippen LogP contribution in [-0.2, 0) is 4.74 Å². The Labute approximate surface area is 204 Å². The average molecular weight is 487 g/mol. The molecule has 2 aliphatic rings. The Morgan fingerprint density at radius 3 is 2.62 bits per heavy atom. The molecule has 2 aromatic rings. The lowest BCUT2D eigenvalue weighted by Crippen LogP contribution is -2.61. The largest absolute Gasteiger partial charge is 0.467 e. The molecule has 1 saturated heterocycles. The van der Waals surface area contributed by atoms with Gasteiger partial charge < -0.3 is 30.3 Å². The number of amides is 2. The molecule has 8 nitrogen and oxygen atoms in total. The lowest BCUT2D eigenvalue weighted by atomic mass is 9.96. The number of carbonyl (C=O) groups excluding carboxylic acids is 2. The van der Waals surface area contributed by atoms with Gasteiger partial charge in [-0.05, 0) is 31.0 Å². The topological polar surface area (TPSA) is 91.9 Å². The number of fused-ring (bicyclic) bond motifs is 1. The monoisotopic (exact) mass is 486 g/mol. The van der Waals surface area contributed by atoms with Crippen LogP contribution in [-0.4, -0.2) is 62.5 Å². The predicted molar refractivity (Wildman–Crippen MR) is 132 cm³/mol. The minimum Gasteiger partial charge on any atom is -0.467 e. The number of hydrogen-bond donors (Lipinski definition) is 3. The first-order valence-corrected chi connectivity index (χ1v) is 11.8. The van der Waals surface area contributed by atoms with Crippen LogP contribution >= 0.6 is 11.6 Å². The molecule has 0 saturated carbocycles. The summed E-state index contributed by atoms with van der Waals surface area (Å²) in [4.78, 5) is 27.7. The van der Waals surface area contributed by atoms with Gasteiger partial charge in [0.25, 0.3) is 11.8 Å². The molecule has 182 valence electrons. The number of hydrogen-bond acceptors (Lipinski definition) is 6. The molecule has 2 amide bonds. The number of nitrogens with zero attached hydrogens (tertiary/aromatic N) is 1. The molecule has 9 heteroatoms. The summed E-state index contributed by atoms with van der Waals surface area (Å²) in [6.07, 6.45) is 1.29. The summed E-state index contributed by atoms with van der Waals surface area (Å²) in [5.41, 5.74) is 3.04. The Morgan fingerprint density at radius 1 is 1.24 bits per heavy atom. The van der Waals surface area contributed by atoms with Gasteiger partial charge in [0.05, 0.1) is 16.3 Å². The maximum Gasteiger partial charge on any atom is 0.258 e. The van der Waals surface area contributed by atoms with Crippen molar-refractivity contribution < 1.29 is 19.1 Å². The van der Waals surface area contributed by atoms with Crippen LogP contribution < -0.4 is 20.7 Å². The van der Waals surface area contributed by atoms with Crippen molar-refractivity contribution in [3.63, 3.8) is 0 Å². The van der Waals surface area contributed by atoms with E-state index < -0.39 is 5.72 Å². The second-order valence-corrected chi connectivity index (χ2v) is 9.26.